The van der Waals surface area contributed by atoms with Gasteiger partial charge in [0.1, 0.15) is 5.78 Å². The topological polar surface area (TPSA) is 17.1 Å². The molecule has 0 aromatic rings. The minimum absolute atomic E-state index is 0.219. The minimum Gasteiger partial charge on any atom is -0.299 e. The van der Waals surface area contributed by atoms with Gasteiger partial charge in [0.2, 0.25) is 0 Å². The number of rotatable bonds is 1. The molecule has 1 heteroatoms. The maximum atomic E-state index is 11.4. The Bertz CT molecular complexity index is 252. The number of carbonyl (C=O) groups excluding carboxylic acids is 1. The number of allylic oxidation sites excluding steroid dienone is 1. The van der Waals surface area contributed by atoms with E-state index in [4.69, 9.17) is 0 Å². The van der Waals surface area contributed by atoms with Crippen LogP contribution >= 0.6 is 0 Å². The third-order valence-corrected chi connectivity index (χ3v) is 3.93. The molecule has 2 saturated carbocycles. The van der Waals surface area contributed by atoms with E-state index in [1.807, 2.05) is 0 Å². The average molecular weight is 164 g/mol. The Morgan fingerprint density at radius 3 is 2.58 bits per heavy atom. The largest absolute Gasteiger partial charge is 0.299 e. The summed E-state index contributed by atoms with van der Waals surface area (Å²) in [6, 6.07) is 0. The highest BCUT2D eigenvalue weighted by Crippen LogP contribution is 2.62. The molecule has 0 N–H and O–H groups in total. The molecule has 2 unspecified atom stereocenters. The van der Waals surface area contributed by atoms with Crippen molar-refractivity contribution >= 4 is 5.78 Å². The van der Waals surface area contributed by atoms with Gasteiger partial charge in [-0.25, -0.2) is 0 Å². The molecule has 0 radical (unpaired) electrons. The molecule has 2 aliphatic carbocycles. The van der Waals surface area contributed by atoms with Crippen LogP contribution in [0.5, 0.6) is 0 Å². The van der Waals surface area contributed by atoms with Crippen LogP contribution in [0.25, 0.3) is 0 Å². The summed E-state index contributed by atoms with van der Waals surface area (Å²) in [6.07, 6.45) is 2.83. The van der Waals surface area contributed by atoms with Crippen LogP contribution in [0.1, 0.15) is 33.1 Å². The fourth-order valence-electron chi connectivity index (χ4n) is 3.09. The molecule has 2 atom stereocenters. The lowest BCUT2D eigenvalue weighted by molar-refractivity contribution is -0.124. The van der Waals surface area contributed by atoms with Gasteiger partial charge in [0.25, 0.3) is 0 Å². The van der Waals surface area contributed by atoms with Gasteiger partial charge >= 0.3 is 0 Å². The van der Waals surface area contributed by atoms with Crippen molar-refractivity contribution in [2.24, 2.45) is 17.3 Å². The fourth-order valence-corrected chi connectivity index (χ4v) is 3.09. The van der Waals surface area contributed by atoms with E-state index in [0.717, 1.165) is 19.3 Å². The number of hydrogen-bond acceptors (Lipinski definition) is 1. The predicted molar refractivity (Wildman–Crippen MR) is 48.8 cm³/mol. The summed E-state index contributed by atoms with van der Waals surface area (Å²) in [5.41, 5.74) is 1.55. The van der Waals surface area contributed by atoms with Gasteiger partial charge in [-0.3, -0.25) is 4.79 Å². The molecule has 1 nitrogen and oxygen atoms in total. The van der Waals surface area contributed by atoms with Crippen LogP contribution in [0, 0.1) is 17.3 Å². The van der Waals surface area contributed by atoms with Crippen molar-refractivity contribution in [3.8, 4) is 0 Å². The first kappa shape index (κ1) is 8.03. The molecule has 0 heterocycles. The molecular weight excluding hydrogens is 148 g/mol. The molecule has 12 heavy (non-hydrogen) atoms. The molecule has 0 aromatic heterocycles. The maximum absolute atomic E-state index is 11.4. The van der Waals surface area contributed by atoms with Crippen LogP contribution < -0.4 is 0 Å². The van der Waals surface area contributed by atoms with E-state index in [2.05, 4.69) is 20.4 Å². The Kier molecular flexibility index (Phi) is 1.48. The maximum Gasteiger partial charge on any atom is 0.137 e. The number of Topliss-reactive ketones (excluding diaryl/α,β-unsaturated/α-hetero) is 1. The van der Waals surface area contributed by atoms with E-state index in [9.17, 15) is 4.79 Å². The Balaban J connectivity index is 2.33. The molecule has 0 aliphatic heterocycles. The highest BCUT2D eigenvalue weighted by atomic mass is 16.1. The van der Waals surface area contributed by atoms with Crippen LogP contribution in [0.4, 0.5) is 0 Å². The molecule has 0 amide bonds. The highest BCUT2D eigenvalue weighted by molar-refractivity contribution is 5.87. The third-order valence-electron chi connectivity index (χ3n) is 3.93. The molecule has 0 saturated heterocycles. The Morgan fingerprint density at radius 2 is 2.25 bits per heavy atom. The van der Waals surface area contributed by atoms with E-state index >= 15 is 0 Å². The van der Waals surface area contributed by atoms with Gasteiger partial charge in [-0.05, 0) is 18.8 Å². The standard InChI is InChI=1S/C11H16O/c1-7(2)11-5-4-10(12)9(11)6-8(11)3/h7,9H,3-6H2,1-2H3. The zero-order chi connectivity index (χ0) is 8.93. The quantitative estimate of drug-likeness (QED) is 0.544. The third kappa shape index (κ3) is 0.675. The summed E-state index contributed by atoms with van der Waals surface area (Å²) in [4.78, 5) is 11.4. The minimum atomic E-state index is 0.219. The fraction of sp³-hybridized carbons (Fsp3) is 0.727. The first-order chi connectivity index (χ1) is 5.59. The average Bonchev–Trinajstić information content (AvgIpc) is 2.24. The summed E-state index contributed by atoms with van der Waals surface area (Å²) in [6.45, 7) is 8.52. The summed E-state index contributed by atoms with van der Waals surface area (Å²) < 4.78 is 0. The first-order valence-corrected chi connectivity index (χ1v) is 4.80. The van der Waals surface area contributed by atoms with Crippen LogP contribution in [0.2, 0.25) is 0 Å². The van der Waals surface area contributed by atoms with Gasteiger partial charge in [0, 0.05) is 17.8 Å². The second-order valence-electron chi connectivity index (χ2n) is 4.52. The lowest BCUT2D eigenvalue weighted by Crippen LogP contribution is -2.44. The molecular formula is C11H16O. The molecule has 0 bridgehead atoms. The number of carbonyl (C=O) groups is 1. The number of hydrogen-bond donors (Lipinski definition) is 0. The summed E-state index contributed by atoms with van der Waals surface area (Å²) in [5, 5.41) is 0. The van der Waals surface area contributed by atoms with Crippen LogP contribution in [0.15, 0.2) is 12.2 Å². The van der Waals surface area contributed by atoms with Crippen molar-refractivity contribution in [2.75, 3.05) is 0 Å². The summed E-state index contributed by atoms with van der Waals surface area (Å²) >= 11 is 0. The normalized spacial score (nSPS) is 40.1. The molecule has 2 fully saturated rings. The second kappa shape index (κ2) is 2.21. The Hall–Kier alpha value is -0.590. The van der Waals surface area contributed by atoms with E-state index in [1.54, 1.807) is 0 Å². The van der Waals surface area contributed by atoms with E-state index in [0.29, 0.717) is 17.6 Å². The highest BCUT2D eigenvalue weighted by Gasteiger charge is 2.58. The van der Waals surface area contributed by atoms with Crippen LogP contribution in [-0.4, -0.2) is 5.78 Å². The van der Waals surface area contributed by atoms with Crippen molar-refractivity contribution in [3.05, 3.63) is 12.2 Å². The van der Waals surface area contributed by atoms with Crippen molar-refractivity contribution < 1.29 is 4.79 Å². The Labute approximate surface area is 73.8 Å². The lowest BCUT2D eigenvalue weighted by Gasteiger charge is -2.49. The van der Waals surface area contributed by atoms with Gasteiger partial charge in [-0.1, -0.05) is 26.0 Å². The van der Waals surface area contributed by atoms with E-state index in [1.165, 1.54) is 5.57 Å². The Morgan fingerprint density at radius 1 is 1.58 bits per heavy atom. The van der Waals surface area contributed by atoms with Crippen molar-refractivity contribution in [1.29, 1.82) is 0 Å². The zero-order valence-corrected chi connectivity index (χ0v) is 7.89. The van der Waals surface area contributed by atoms with E-state index in [-0.39, 0.29) is 5.41 Å². The molecule has 2 rings (SSSR count). The summed E-state index contributed by atoms with van der Waals surface area (Å²) in [5.74, 6) is 1.41. The molecule has 2 aliphatic rings. The lowest BCUT2D eigenvalue weighted by atomic mass is 9.53. The molecule has 66 valence electrons. The van der Waals surface area contributed by atoms with Gasteiger partial charge in [0.05, 0.1) is 0 Å². The summed E-state index contributed by atoms with van der Waals surface area (Å²) in [7, 11) is 0. The SMILES string of the molecule is C=C1CC2C(=O)CCC12C(C)C. The zero-order valence-electron chi connectivity index (χ0n) is 7.89. The van der Waals surface area contributed by atoms with Gasteiger partial charge < -0.3 is 0 Å². The van der Waals surface area contributed by atoms with Crippen molar-refractivity contribution in [3.63, 3.8) is 0 Å². The van der Waals surface area contributed by atoms with Gasteiger partial charge in [0.15, 0.2) is 0 Å². The van der Waals surface area contributed by atoms with Crippen molar-refractivity contribution in [2.45, 2.75) is 33.1 Å². The molecule has 0 spiro atoms. The number of ketones is 1. The van der Waals surface area contributed by atoms with Crippen LogP contribution in [0.3, 0.4) is 0 Å². The van der Waals surface area contributed by atoms with Crippen LogP contribution in [-0.2, 0) is 4.79 Å². The van der Waals surface area contributed by atoms with Crippen molar-refractivity contribution in [1.82, 2.24) is 0 Å². The first-order valence-electron chi connectivity index (χ1n) is 4.80. The monoisotopic (exact) mass is 164 g/mol. The molecule has 0 aromatic carbocycles. The predicted octanol–water partition coefficient (Wildman–Crippen LogP) is 2.57. The van der Waals surface area contributed by atoms with E-state index < -0.39 is 0 Å². The number of fused-ring (bicyclic) bond motifs is 1. The smallest absolute Gasteiger partial charge is 0.137 e. The second-order valence-corrected chi connectivity index (χ2v) is 4.52. The van der Waals surface area contributed by atoms with Gasteiger partial charge in [-0.15, -0.1) is 0 Å². The van der Waals surface area contributed by atoms with Gasteiger partial charge in [-0.2, -0.15) is 0 Å².